The monoisotopic (exact) mass is 793 g/mol. The van der Waals surface area contributed by atoms with E-state index in [0.717, 1.165) is 64.5 Å². The van der Waals surface area contributed by atoms with Crippen LogP contribution in [0.3, 0.4) is 0 Å². The van der Waals surface area contributed by atoms with Crippen molar-refractivity contribution in [3.8, 4) is 0 Å². The third kappa shape index (κ3) is 5.24. The van der Waals surface area contributed by atoms with E-state index in [4.69, 9.17) is 5.10 Å². The van der Waals surface area contributed by atoms with Gasteiger partial charge < -0.3 is 10.2 Å². The van der Waals surface area contributed by atoms with Gasteiger partial charge in [0.15, 0.2) is 11.6 Å². The normalized spacial score (nSPS) is 45.7. The van der Waals surface area contributed by atoms with Gasteiger partial charge in [0.05, 0.1) is 17.6 Å². The first-order chi connectivity index (χ1) is 27.3. The van der Waals surface area contributed by atoms with Crippen molar-refractivity contribution in [1.82, 2.24) is 19.6 Å². The maximum Gasteiger partial charge on any atom is 0.161 e. The summed E-state index contributed by atoms with van der Waals surface area (Å²) in [6, 6.07) is 0. The molecule has 2 aromatic heterocycles. The molecule has 0 bridgehead atoms. The molecule has 8 aliphatic rings. The Kier molecular flexibility index (Phi) is 9.32. The fraction of sp³-hybridized carbons (Fsp3) is 0.760. The fourth-order valence-corrected chi connectivity index (χ4v) is 16.7. The Bertz CT molecular complexity index is 2090. The molecular weight excluding hydrogens is 721 g/mol. The van der Waals surface area contributed by atoms with Crippen LogP contribution in [0.25, 0.3) is 12.2 Å². The molecule has 0 unspecified atom stereocenters. The third-order valence-electron chi connectivity index (χ3n) is 19.8. The minimum absolute atomic E-state index is 0.0223. The molecule has 10 rings (SSSR count). The lowest BCUT2D eigenvalue weighted by Crippen LogP contribution is -2.58. The van der Waals surface area contributed by atoms with Gasteiger partial charge in [0.25, 0.3) is 0 Å². The lowest BCUT2D eigenvalue weighted by atomic mass is 9.44. The van der Waals surface area contributed by atoms with Crippen LogP contribution in [0.4, 0.5) is 0 Å². The van der Waals surface area contributed by atoms with Gasteiger partial charge in [-0.3, -0.25) is 19.0 Å². The first-order valence-electron chi connectivity index (χ1n) is 23.3. The zero-order valence-electron chi connectivity index (χ0n) is 37.3. The molecule has 0 radical (unpaired) electrons. The first kappa shape index (κ1) is 40.6. The highest BCUT2D eigenvalue weighted by Gasteiger charge is 2.68. The lowest BCUT2D eigenvalue weighted by Gasteiger charge is -2.60. The molecule has 8 nitrogen and oxygen atoms in total. The van der Waals surface area contributed by atoms with E-state index in [0.29, 0.717) is 60.2 Å². The number of Topliss-reactive ketones (excluding diaryl/α,β-unsaturated/α-hetero) is 2. The zero-order valence-corrected chi connectivity index (χ0v) is 37.3. The van der Waals surface area contributed by atoms with Crippen molar-refractivity contribution >= 4 is 23.7 Å². The van der Waals surface area contributed by atoms with Gasteiger partial charge in [-0.1, -0.05) is 52.7 Å². The van der Waals surface area contributed by atoms with Crippen LogP contribution in [0, 0.1) is 69.0 Å². The van der Waals surface area contributed by atoms with Gasteiger partial charge in [-0.2, -0.15) is 10.2 Å². The van der Waals surface area contributed by atoms with Gasteiger partial charge in [0.2, 0.25) is 0 Å². The van der Waals surface area contributed by atoms with Crippen molar-refractivity contribution in [2.75, 3.05) is 0 Å². The van der Waals surface area contributed by atoms with E-state index < -0.39 is 11.2 Å². The predicted molar refractivity (Wildman–Crippen MR) is 228 cm³/mol. The summed E-state index contributed by atoms with van der Waals surface area (Å²) in [6.07, 6.45) is 21.2. The van der Waals surface area contributed by atoms with E-state index in [-0.39, 0.29) is 33.2 Å². The van der Waals surface area contributed by atoms with E-state index in [1.54, 1.807) is 25.0 Å². The van der Waals surface area contributed by atoms with E-state index in [1.165, 1.54) is 35.4 Å². The number of hydrogen-bond acceptors (Lipinski definition) is 6. The Labute approximate surface area is 347 Å². The molecule has 6 saturated carbocycles. The smallest absolute Gasteiger partial charge is 0.161 e. The van der Waals surface area contributed by atoms with Crippen LogP contribution >= 0.6 is 0 Å². The van der Waals surface area contributed by atoms with Gasteiger partial charge in [-0.15, -0.1) is 0 Å². The summed E-state index contributed by atoms with van der Waals surface area (Å²) in [4.78, 5) is 24.9. The molecule has 0 amide bonds. The molecule has 8 heteroatoms. The van der Waals surface area contributed by atoms with Crippen molar-refractivity contribution in [2.24, 2.45) is 69.0 Å². The Morgan fingerprint density at radius 3 is 1.67 bits per heavy atom. The topological polar surface area (TPSA) is 110 Å². The maximum absolute atomic E-state index is 12.4. The molecule has 2 aromatic rings. The highest BCUT2D eigenvalue weighted by molar-refractivity contribution is 5.87. The molecule has 0 aliphatic heterocycles. The molecule has 58 heavy (non-hydrogen) atoms. The lowest BCUT2D eigenvalue weighted by molar-refractivity contribution is -0.160. The summed E-state index contributed by atoms with van der Waals surface area (Å²) in [5.41, 5.74) is 6.09. The summed E-state index contributed by atoms with van der Waals surface area (Å²) in [5.74, 6) is 4.41. The minimum Gasteiger partial charge on any atom is -0.382 e. The summed E-state index contributed by atoms with van der Waals surface area (Å²) in [7, 11) is 0. The van der Waals surface area contributed by atoms with Crippen molar-refractivity contribution in [1.29, 1.82) is 0 Å². The molecule has 8 aliphatic carbocycles. The second-order valence-corrected chi connectivity index (χ2v) is 22.0. The number of fused-ring (bicyclic) bond motifs is 12. The Balaban J connectivity index is 0.000000150. The van der Waals surface area contributed by atoms with Gasteiger partial charge in [-0.05, 0) is 186 Å². The zero-order chi connectivity index (χ0) is 41.5. The fourth-order valence-electron chi connectivity index (χ4n) is 16.7. The van der Waals surface area contributed by atoms with Crippen LogP contribution in [0.1, 0.15) is 156 Å². The number of carbonyl (C=O) groups excluding carboxylic acids is 2. The minimum atomic E-state index is -1.12. The van der Waals surface area contributed by atoms with Gasteiger partial charge in [0.1, 0.15) is 11.2 Å². The quantitative estimate of drug-likeness (QED) is 0.320. The predicted octanol–water partition coefficient (Wildman–Crippen LogP) is 9.30. The molecule has 6 fully saturated rings. The van der Waals surface area contributed by atoms with E-state index >= 15 is 0 Å². The molecule has 2 heterocycles. The Hall–Kier alpha value is -2.84. The number of aryl methyl sites for hydroxylation is 2. The molecule has 14 atom stereocenters. The molecule has 0 aromatic carbocycles. The molecule has 0 spiro atoms. The van der Waals surface area contributed by atoms with Gasteiger partial charge in [-0.25, -0.2) is 0 Å². The number of ketones is 2. The summed E-state index contributed by atoms with van der Waals surface area (Å²) < 4.78 is 4.22. The van der Waals surface area contributed by atoms with E-state index in [2.05, 4.69) is 94.4 Å². The summed E-state index contributed by atoms with van der Waals surface area (Å²) in [6.45, 7) is 23.5. The van der Waals surface area contributed by atoms with E-state index in [9.17, 15) is 19.8 Å². The van der Waals surface area contributed by atoms with Crippen molar-refractivity contribution in [3.05, 3.63) is 46.1 Å². The van der Waals surface area contributed by atoms with Crippen LogP contribution in [0.2, 0.25) is 0 Å². The standard InChI is InChI=1S/2C25H36N2O2/c1-6-27-14-17-13-23(4)19-7-9-24(5)20(8-10-25(24,29)16(3)28)18(19)11-15(2)21(23)12-22(17)26-27;1-6-27-22-12-21-15(2)11-18-19(23(21,4)13-17(22)14-26-27)7-9-24(5)20(18)8-10-25(24,29)16(3)28/h2*12,14-15,18-20,29H,6-11,13H2,1-5H3/t2*15-,18+,19-,20-,23+,24-,25-/m00/s1. The number of aromatic nitrogens is 4. The number of aliphatic hydroxyl groups is 2. The maximum atomic E-state index is 12.4. The number of nitrogens with zero attached hydrogens (tertiary/aromatic N) is 4. The Morgan fingerprint density at radius 2 is 1.19 bits per heavy atom. The van der Waals surface area contributed by atoms with Crippen LogP contribution in [-0.4, -0.2) is 52.5 Å². The van der Waals surface area contributed by atoms with Crippen LogP contribution in [0.5, 0.6) is 0 Å². The highest BCUT2D eigenvalue weighted by atomic mass is 16.3. The molecule has 0 saturated heterocycles. The Morgan fingerprint density at radius 1 is 0.707 bits per heavy atom. The summed E-state index contributed by atoms with van der Waals surface area (Å²) in [5, 5.41) is 32.2. The number of rotatable bonds is 4. The van der Waals surface area contributed by atoms with Crippen molar-refractivity contribution in [3.63, 3.8) is 0 Å². The van der Waals surface area contributed by atoms with Crippen LogP contribution in [0.15, 0.2) is 23.5 Å². The van der Waals surface area contributed by atoms with Crippen molar-refractivity contribution < 1.29 is 19.8 Å². The largest absolute Gasteiger partial charge is 0.382 e. The molecule has 2 N–H and O–H groups in total. The van der Waals surface area contributed by atoms with Crippen LogP contribution in [-0.2, 0) is 35.5 Å². The average Bonchev–Trinajstić information content (AvgIpc) is 3.91. The first-order valence-corrected chi connectivity index (χ1v) is 23.3. The second kappa shape index (κ2) is 13.3. The van der Waals surface area contributed by atoms with Gasteiger partial charge in [0, 0.05) is 30.1 Å². The third-order valence-corrected chi connectivity index (χ3v) is 19.8. The average molecular weight is 793 g/mol. The number of hydrogen-bond donors (Lipinski definition) is 2. The molecular formula is C50H72N4O4. The highest BCUT2D eigenvalue weighted by Crippen LogP contribution is 2.70. The second-order valence-electron chi connectivity index (χ2n) is 22.0. The van der Waals surface area contributed by atoms with Gasteiger partial charge >= 0.3 is 0 Å². The van der Waals surface area contributed by atoms with Crippen molar-refractivity contribution in [2.45, 2.75) is 171 Å². The van der Waals surface area contributed by atoms with E-state index in [1.807, 2.05) is 0 Å². The SMILES string of the molecule is CCn1cc2c(n1)C=C1[C@@H](C)C[C@@H]3[C@H](CC[C@@]4(C)[C@H]3CC[C@]4(O)C(C)=O)[C@@]1(C)C2.CCn1ncc2c1C=C1[C@@H](C)C[C@@H]3[C@H](CC[C@@]4(C)[C@H]3CC[C@]4(O)C(C)=O)[C@@]1(C)C2. The molecule has 316 valence electrons. The number of allylic oxidation sites excluding steroid dienone is 2. The van der Waals surface area contributed by atoms with Crippen LogP contribution < -0.4 is 0 Å². The summed E-state index contributed by atoms with van der Waals surface area (Å²) >= 11 is 0. The number of carbonyl (C=O) groups is 2.